The van der Waals surface area contributed by atoms with E-state index < -0.39 is 17.3 Å². The van der Waals surface area contributed by atoms with E-state index in [-0.39, 0.29) is 57.8 Å². The summed E-state index contributed by atoms with van der Waals surface area (Å²) in [5.74, 6) is -1.29. The van der Waals surface area contributed by atoms with Crippen LogP contribution in [-0.2, 0) is 11.2 Å². The van der Waals surface area contributed by atoms with Crippen molar-refractivity contribution in [2.24, 2.45) is 0 Å². The standard InChI is InChI=1S/C34H36F2N6O3/c1-6-27(43)40-15-16-41(20(4)18-40)32-23-17-25(36)30-28-24(35)11-8-12-26(28)45-21(5)9-7-10-22-13-14-37-29(19(2)3)31(22)42(33(23)38-30)34(44)39-32/h6,8,11-14,17,19-21H,1,7,9-10,15-16,18H2,2-5H3/t20-,21+/m0/s1. The van der Waals surface area contributed by atoms with Crippen LogP contribution in [0.1, 0.15) is 57.7 Å². The molecule has 0 unspecified atom stereocenters. The van der Waals surface area contributed by atoms with E-state index in [1.165, 1.54) is 28.8 Å². The van der Waals surface area contributed by atoms with Crippen LogP contribution in [0.4, 0.5) is 14.6 Å². The van der Waals surface area contributed by atoms with Crippen LogP contribution < -0.4 is 15.3 Å². The molecule has 4 aromatic rings. The Kier molecular flexibility index (Phi) is 8.11. The lowest BCUT2D eigenvalue weighted by Gasteiger charge is -2.40. The second-order valence-electron chi connectivity index (χ2n) is 12.1. The third-order valence-electron chi connectivity index (χ3n) is 8.59. The maximum absolute atomic E-state index is 16.3. The van der Waals surface area contributed by atoms with E-state index in [0.29, 0.717) is 50.3 Å². The van der Waals surface area contributed by atoms with Crippen LogP contribution in [0, 0.1) is 11.6 Å². The molecule has 5 heterocycles. The van der Waals surface area contributed by atoms with Crippen molar-refractivity contribution in [2.45, 2.75) is 65.0 Å². The first-order chi connectivity index (χ1) is 21.6. The molecule has 2 atom stereocenters. The summed E-state index contributed by atoms with van der Waals surface area (Å²) in [7, 11) is 0. The number of amides is 1. The molecule has 2 bridgehead atoms. The van der Waals surface area contributed by atoms with Crippen LogP contribution in [0.3, 0.4) is 0 Å². The number of ether oxygens (including phenoxy) is 1. The topological polar surface area (TPSA) is 93.5 Å². The lowest BCUT2D eigenvalue weighted by Crippen LogP contribution is -2.54. The minimum atomic E-state index is -0.781. The van der Waals surface area contributed by atoms with Gasteiger partial charge in [0.2, 0.25) is 5.91 Å². The summed E-state index contributed by atoms with van der Waals surface area (Å²) in [5.41, 5.74) is 1.26. The zero-order chi connectivity index (χ0) is 32.0. The highest BCUT2D eigenvalue weighted by Gasteiger charge is 2.31. The molecule has 0 saturated carbocycles. The smallest absolute Gasteiger partial charge is 0.355 e. The summed E-state index contributed by atoms with van der Waals surface area (Å²) in [5, 5.41) is 0.290. The molecule has 0 radical (unpaired) electrons. The molecule has 234 valence electrons. The zero-order valence-electron chi connectivity index (χ0n) is 25.9. The first kappa shape index (κ1) is 30.4. The van der Waals surface area contributed by atoms with E-state index in [9.17, 15) is 9.59 Å². The van der Waals surface area contributed by atoms with E-state index in [2.05, 4.69) is 16.5 Å². The lowest BCUT2D eigenvalue weighted by molar-refractivity contribution is -0.126. The van der Waals surface area contributed by atoms with Gasteiger partial charge >= 0.3 is 5.69 Å². The third kappa shape index (κ3) is 5.44. The van der Waals surface area contributed by atoms with Gasteiger partial charge in [-0.3, -0.25) is 9.78 Å². The molecule has 45 heavy (non-hydrogen) atoms. The molecule has 9 nitrogen and oxygen atoms in total. The first-order valence-electron chi connectivity index (χ1n) is 15.3. The number of hydrogen-bond acceptors (Lipinski definition) is 7. The van der Waals surface area contributed by atoms with Gasteiger partial charge in [0.15, 0.2) is 11.5 Å². The molecule has 11 heteroatoms. The highest BCUT2D eigenvalue weighted by molar-refractivity contribution is 5.91. The van der Waals surface area contributed by atoms with Crippen molar-refractivity contribution in [3.63, 3.8) is 0 Å². The highest BCUT2D eigenvalue weighted by atomic mass is 19.1. The SMILES string of the molecule is C=CC(=O)N1CCN(c2nc(=O)n3c4nc(c(F)cc24)-c2c(F)cccc2O[C@H](C)CCCc2ccnc(C(C)C)c2-3)[C@@H](C)C1. The maximum atomic E-state index is 16.3. The molecule has 0 aliphatic carbocycles. The van der Waals surface area contributed by atoms with Crippen molar-refractivity contribution in [2.75, 3.05) is 24.5 Å². The van der Waals surface area contributed by atoms with Crippen molar-refractivity contribution in [3.05, 3.63) is 82.6 Å². The number of pyridine rings is 2. The maximum Gasteiger partial charge on any atom is 0.355 e. The Morgan fingerprint density at radius 2 is 1.93 bits per heavy atom. The van der Waals surface area contributed by atoms with Crippen LogP contribution in [0.5, 0.6) is 5.75 Å². The summed E-state index contributed by atoms with van der Waals surface area (Å²) in [6, 6.07) is 7.27. The number of nitrogens with zero attached hydrogens (tertiary/aromatic N) is 6. The number of halogens is 2. The van der Waals surface area contributed by atoms with Gasteiger partial charge in [-0.15, -0.1) is 0 Å². The Morgan fingerprint density at radius 3 is 2.67 bits per heavy atom. The van der Waals surface area contributed by atoms with Gasteiger partial charge in [0.1, 0.15) is 23.1 Å². The molecule has 1 aromatic carbocycles. The number of aryl methyl sites for hydroxylation is 1. The highest BCUT2D eigenvalue weighted by Crippen LogP contribution is 2.38. The largest absolute Gasteiger partial charge is 0.490 e. The summed E-state index contributed by atoms with van der Waals surface area (Å²) >= 11 is 0. The van der Waals surface area contributed by atoms with Gasteiger partial charge in [0, 0.05) is 31.9 Å². The number of fused-ring (bicyclic) bond motifs is 5. The number of rotatable bonds is 3. The summed E-state index contributed by atoms with van der Waals surface area (Å²) in [6.07, 6.45) is 4.68. The molecular formula is C34H36F2N6O3. The fourth-order valence-corrected chi connectivity index (χ4v) is 6.39. The molecule has 6 rings (SSSR count). The van der Waals surface area contributed by atoms with Gasteiger partial charge in [-0.05, 0) is 74.9 Å². The average Bonchev–Trinajstić information content (AvgIpc) is 3.01. The van der Waals surface area contributed by atoms with Crippen LogP contribution in [0.15, 0.2) is 54.0 Å². The second-order valence-corrected chi connectivity index (χ2v) is 12.1. The average molecular weight is 615 g/mol. The predicted molar refractivity (Wildman–Crippen MR) is 169 cm³/mol. The number of carbonyl (C=O) groups is 1. The van der Waals surface area contributed by atoms with Gasteiger partial charge < -0.3 is 14.5 Å². The summed E-state index contributed by atoms with van der Waals surface area (Å²) in [4.78, 5) is 44.1. The van der Waals surface area contributed by atoms with Crippen molar-refractivity contribution < 1.29 is 18.3 Å². The quantitative estimate of drug-likeness (QED) is 0.279. The summed E-state index contributed by atoms with van der Waals surface area (Å²) in [6.45, 7) is 12.5. The Morgan fingerprint density at radius 1 is 1.13 bits per heavy atom. The third-order valence-corrected chi connectivity index (χ3v) is 8.59. The molecule has 0 spiro atoms. The Labute approximate surface area is 260 Å². The fourth-order valence-electron chi connectivity index (χ4n) is 6.39. The van der Waals surface area contributed by atoms with Crippen molar-refractivity contribution in [1.29, 1.82) is 0 Å². The number of aromatic nitrogens is 4. The minimum absolute atomic E-state index is 0.0619. The van der Waals surface area contributed by atoms with Gasteiger partial charge in [-0.25, -0.2) is 23.1 Å². The van der Waals surface area contributed by atoms with Gasteiger partial charge in [-0.1, -0.05) is 26.5 Å². The van der Waals surface area contributed by atoms with Crippen LogP contribution >= 0.6 is 0 Å². The van der Waals surface area contributed by atoms with Gasteiger partial charge in [0.25, 0.3) is 0 Å². The van der Waals surface area contributed by atoms with E-state index in [1.54, 1.807) is 17.2 Å². The molecule has 0 N–H and O–H groups in total. The zero-order valence-corrected chi connectivity index (χ0v) is 25.9. The van der Waals surface area contributed by atoms with E-state index >= 15 is 8.78 Å². The number of carbonyl (C=O) groups excluding carboxylic acids is 1. The molecule has 1 amide bonds. The second kappa shape index (κ2) is 12.0. The van der Waals surface area contributed by atoms with Gasteiger partial charge in [0.05, 0.1) is 28.4 Å². The first-order valence-corrected chi connectivity index (χ1v) is 15.3. The lowest BCUT2D eigenvalue weighted by atomic mass is 9.99. The predicted octanol–water partition coefficient (Wildman–Crippen LogP) is 5.57. The molecule has 2 aliphatic heterocycles. The van der Waals surface area contributed by atoms with Crippen LogP contribution in [0.25, 0.3) is 28.0 Å². The summed E-state index contributed by atoms with van der Waals surface area (Å²) < 4.78 is 39.4. The van der Waals surface area contributed by atoms with Gasteiger partial charge in [-0.2, -0.15) is 4.98 Å². The van der Waals surface area contributed by atoms with Crippen molar-refractivity contribution in [3.8, 4) is 22.7 Å². The molecule has 1 saturated heterocycles. The number of hydrogen-bond donors (Lipinski definition) is 0. The fraction of sp³-hybridized carbons (Fsp3) is 0.382. The van der Waals surface area contributed by atoms with Crippen LogP contribution in [-0.4, -0.2) is 62.1 Å². The van der Waals surface area contributed by atoms with E-state index in [0.717, 1.165) is 5.56 Å². The number of piperazine rings is 1. The number of anilines is 1. The molecule has 3 aromatic heterocycles. The molecule has 2 aliphatic rings. The Bertz CT molecular complexity index is 1870. The van der Waals surface area contributed by atoms with E-state index in [1.807, 2.05) is 38.7 Å². The monoisotopic (exact) mass is 614 g/mol. The number of benzene rings is 1. The van der Waals surface area contributed by atoms with Crippen molar-refractivity contribution in [1.82, 2.24) is 24.4 Å². The van der Waals surface area contributed by atoms with E-state index in [4.69, 9.17) is 9.72 Å². The molecular weight excluding hydrogens is 578 g/mol. The Hall–Kier alpha value is -4.67. The van der Waals surface area contributed by atoms with Crippen molar-refractivity contribution >= 4 is 22.8 Å². The van der Waals surface area contributed by atoms with Crippen LogP contribution in [0.2, 0.25) is 0 Å². The Balaban J connectivity index is 1.69. The normalized spacial score (nSPS) is 18.5. The minimum Gasteiger partial charge on any atom is -0.490 e. The molecule has 1 fully saturated rings.